The van der Waals surface area contributed by atoms with E-state index in [4.69, 9.17) is 5.11 Å². The fraction of sp³-hybridized carbons (Fsp3) is 1.00. The first kappa shape index (κ1) is 6.05. The minimum absolute atomic E-state index is 0.0590. The zero-order valence-corrected chi connectivity index (χ0v) is 5.22. The number of nitrogens with one attached hydrogen (secondary N) is 1. The SMILES string of the molecule is C[C@H]1CNCCC1O. The second-order valence-electron chi connectivity index (χ2n) is 2.54. The molecule has 0 aromatic rings. The van der Waals surface area contributed by atoms with E-state index in [1.165, 1.54) is 0 Å². The summed E-state index contributed by atoms with van der Waals surface area (Å²) in [4.78, 5) is 0. The van der Waals surface area contributed by atoms with Crippen LogP contribution in [0.25, 0.3) is 0 Å². The molecule has 1 fully saturated rings. The molecule has 1 saturated heterocycles. The van der Waals surface area contributed by atoms with E-state index in [0.29, 0.717) is 5.92 Å². The van der Waals surface area contributed by atoms with Gasteiger partial charge in [-0.05, 0) is 18.9 Å². The highest BCUT2D eigenvalue weighted by molar-refractivity contribution is 4.72. The van der Waals surface area contributed by atoms with Crippen molar-refractivity contribution in [3.8, 4) is 0 Å². The smallest absolute Gasteiger partial charge is 0.0590 e. The van der Waals surface area contributed by atoms with Crippen LogP contribution in [-0.2, 0) is 0 Å². The van der Waals surface area contributed by atoms with Gasteiger partial charge in [-0.2, -0.15) is 0 Å². The fourth-order valence-corrected chi connectivity index (χ4v) is 1.00. The summed E-state index contributed by atoms with van der Waals surface area (Å²) < 4.78 is 0. The van der Waals surface area contributed by atoms with Gasteiger partial charge in [0.25, 0.3) is 0 Å². The van der Waals surface area contributed by atoms with Crippen LogP contribution in [0, 0.1) is 5.92 Å². The Hall–Kier alpha value is -0.0800. The monoisotopic (exact) mass is 115 g/mol. The third kappa shape index (κ3) is 1.20. The second-order valence-corrected chi connectivity index (χ2v) is 2.54. The van der Waals surface area contributed by atoms with Gasteiger partial charge < -0.3 is 10.4 Å². The number of aliphatic hydroxyl groups excluding tert-OH is 1. The summed E-state index contributed by atoms with van der Waals surface area (Å²) >= 11 is 0. The lowest BCUT2D eigenvalue weighted by Crippen LogP contribution is -2.38. The van der Waals surface area contributed by atoms with Crippen LogP contribution in [0.3, 0.4) is 0 Å². The van der Waals surface area contributed by atoms with Gasteiger partial charge in [-0.15, -0.1) is 0 Å². The number of rotatable bonds is 0. The Morgan fingerprint density at radius 3 is 2.75 bits per heavy atom. The van der Waals surface area contributed by atoms with Gasteiger partial charge in [0.05, 0.1) is 6.10 Å². The fourth-order valence-electron chi connectivity index (χ4n) is 1.00. The van der Waals surface area contributed by atoms with Gasteiger partial charge in [-0.3, -0.25) is 0 Å². The van der Waals surface area contributed by atoms with Crippen molar-refractivity contribution >= 4 is 0 Å². The molecule has 0 saturated carbocycles. The molecule has 0 amide bonds. The maximum absolute atomic E-state index is 9.14. The van der Waals surface area contributed by atoms with Gasteiger partial charge in [-0.25, -0.2) is 0 Å². The number of aliphatic hydroxyl groups is 1. The molecule has 0 spiro atoms. The Bertz CT molecular complexity index is 64.9. The summed E-state index contributed by atoms with van der Waals surface area (Å²) in [5.41, 5.74) is 0. The van der Waals surface area contributed by atoms with Crippen LogP contribution in [0.15, 0.2) is 0 Å². The number of hydrogen-bond acceptors (Lipinski definition) is 2. The minimum atomic E-state index is -0.0590. The van der Waals surface area contributed by atoms with Gasteiger partial charge in [0, 0.05) is 6.54 Å². The van der Waals surface area contributed by atoms with E-state index >= 15 is 0 Å². The minimum Gasteiger partial charge on any atom is -0.393 e. The largest absolute Gasteiger partial charge is 0.393 e. The van der Waals surface area contributed by atoms with Crippen LogP contribution >= 0.6 is 0 Å². The normalized spacial score (nSPS) is 39.8. The van der Waals surface area contributed by atoms with Crippen molar-refractivity contribution in [3.05, 3.63) is 0 Å². The highest BCUT2D eigenvalue weighted by Crippen LogP contribution is 2.08. The van der Waals surface area contributed by atoms with E-state index in [1.807, 2.05) is 0 Å². The molecule has 0 aromatic heterocycles. The van der Waals surface area contributed by atoms with Crippen LogP contribution in [0.4, 0.5) is 0 Å². The predicted molar refractivity (Wildman–Crippen MR) is 32.7 cm³/mol. The van der Waals surface area contributed by atoms with Crippen molar-refractivity contribution in [2.24, 2.45) is 5.92 Å². The molecule has 8 heavy (non-hydrogen) atoms. The lowest BCUT2D eigenvalue weighted by Gasteiger charge is -2.24. The van der Waals surface area contributed by atoms with Gasteiger partial charge in [0.2, 0.25) is 0 Å². The number of piperidine rings is 1. The molecule has 2 heteroatoms. The molecule has 0 radical (unpaired) electrons. The van der Waals surface area contributed by atoms with E-state index in [-0.39, 0.29) is 6.10 Å². The Kier molecular flexibility index (Phi) is 1.86. The standard InChI is InChI=1S/C6H13NO/c1-5-4-7-3-2-6(5)8/h5-8H,2-4H2,1H3/t5-,6?/m0/s1. The van der Waals surface area contributed by atoms with Crippen molar-refractivity contribution in [2.75, 3.05) is 13.1 Å². The average molecular weight is 115 g/mol. The summed E-state index contributed by atoms with van der Waals surface area (Å²) in [6.07, 6.45) is 0.859. The predicted octanol–water partition coefficient (Wildman–Crippen LogP) is -0.0233. The van der Waals surface area contributed by atoms with Gasteiger partial charge in [-0.1, -0.05) is 6.92 Å². The van der Waals surface area contributed by atoms with Crippen molar-refractivity contribution in [1.82, 2.24) is 5.32 Å². The molecule has 1 heterocycles. The quantitative estimate of drug-likeness (QED) is 0.465. The van der Waals surface area contributed by atoms with Crippen molar-refractivity contribution < 1.29 is 5.11 Å². The van der Waals surface area contributed by atoms with Crippen molar-refractivity contribution in [1.29, 1.82) is 0 Å². The van der Waals surface area contributed by atoms with Crippen LogP contribution in [-0.4, -0.2) is 24.3 Å². The topological polar surface area (TPSA) is 32.3 Å². The molecule has 1 aliphatic heterocycles. The summed E-state index contributed by atoms with van der Waals surface area (Å²) in [6.45, 7) is 4.02. The molecular formula is C6H13NO. The van der Waals surface area contributed by atoms with Crippen molar-refractivity contribution in [2.45, 2.75) is 19.4 Å². The first-order valence-corrected chi connectivity index (χ1v) is 3.19. The third-order valence-electron chi connectivity index (χ3n) is 1.74. The molecule has 1 aliphatic rings. The lowest BCUT2D eigenvalue weighted by atomic mass is 9.99. The summed E-state index contributed by atoms with van der Waals surface area (Å²) in [6, 6.07) is 0. The van der Waals surface area contributed by atoms with Crippen LogP contribution in [0.1, 0.15) is 13.3 Å². The maximum atomic E-state index is 9.14. The lowest BCUT2D eigenvalue weighted by molar-refractivity contribution is 0.0882. The molecule has 2 nitrogen and oxygen atoms in total. The molecule has 48 valence electrons. The molecule has 1 unspecified atom stereocenters. The molecular weight excluding hydrogens is 102 g/mol. The molecule has 0 bridgehead atoms. The van der Waals surface area contributed by atoms with E-state index < -0.39 is 0 Å². The van der Waals surface area contributed by atoms with E-state index in [1.54, 1.807) is 0 Å². The van der Waals surface area contributed by atoms with Crippen LogP contribution in [0.2, 0.25) is 0 Å². The van der Waals surface area contributed by atoms with Gasteiger partial charge in [0.15, 0.2) is 0 Å². The first-order chi connectivity index (χ1) is 3.80. The molecule has 0 aliphatic carbocycles. The summed E-state index contributed by atoms with van der Waals surface area (Å²) in [5, 5.41) is 12.3. The zero-order chi connectivity index (χ0) is 5.98. The Labute approximate surface area is 49.9 Å². The van der Waals surface area contributed by atoms with Crippen LogP contribution in [0.5, 0.6) is 0 Å². The highest BCUT2D eigenvalue weighted by atomic mass is 16.3. The molecule has 1 rings (SSSR count). The average Bonchev–Trinajstić information content (AvgIpc) is 1.77. The third-order valence-corrected chi connectivity index (χ3v) is 1.74. The second kappa shape index (κ2) is 2.46. The van der Waals surface area contributed by atoms with Crippen LogP contribution < -0.4 is 5.32 Å². The van der Waals surface area contributed by atoms with E-state index in [0.717, 1.165) is 19.5 Å². The highest BCUT2D eigenvalue weighted by Gasteiger charge is 2.16. The molecule has 0 aromatic carbocycles. The number of hydrogen-bond donors (Lipinski definition) is 2. The Morgan fingerprint density at radius 1 is 1.62 bits per heavy atom. The molecule has 2 atom stereocenters. The van der Waals surface area contributed by atoms with E-state index in [9.17, 15) is 0 Å². The first-order valence-electron chi connectivity index (χ1n) is 3.19. The Morgan fingerprint density at radius 2 is 2.38 bits per heavy atom. The maximum Gasteiger partial charge on any atom is 0.0590 e. The van der Waals surface area contributed by atoms with Gasteiger partial charge >= 0.3 is 0 Å². The zero-order valence-electron chi connectivity index (χ0n) is 5.22. The van der Waals surface area contributed by atoms with E-state index in [2.05, 4.69) is 12.2 Å². The molecule has 2 N–H and O–H groups in total. The summed E-state index contributed by atoms with van der Waals surface area (Å²) in [7, 11) is 0. The van der Waals surface area contributed by atoms with Gasteiger partial charge in [0.1, 0.15) is 0 Å². The van der Waals surface area contributed by atoms with Crippen molar-refractivity contribution in [3.63, 3.8) is 0 Å². The summed E-state index contributed by atoms with van der Waals surface area (Å²) in [5.74, 6) is 0.448. The Balaban J connectivity index is 2.28.